The van der Waals surface area contributed by atoms with Crippen LogP contribution in [0.5, 0.6) is 5.75 Å². The number of benzene rings is 2. The molecule has 1 aliphatic rings. The van der Waals surface area contributed by atoms with Crippen molar-refractivity contribution in [2.75, 3.05) is 0 Å². The Hall–Kier alpha value is -2.53. The molecule has 0 saturated heterocycles. The van der Waals surface area contributed by atoms with Crippen LogP contribution in [0.25, 0.3) is 11.1 Å². The Morgan fingerprint density at radius 1 is 1.03 bits per heavy atom. The van der Waals surface area contributed by atoms with E-state index in [-0.39, 0.29) is 46.4 Å². The maximum absolute atomic E-state index is 14.1. The second kappa shape index (κ2) is 11.5. The van der Waals surface area contributed by atoms with Crippen LogP contribution >= 0.6 is 11.6 Å². The predicted octanol–water partition coefficient (Wildman–Crippen LogP) is 3.21. The van der Waals surface area contributed by atoms with Gasteiger partial charge < -0.3 is 14.6 Å². The van der Waals surface area contributed by atoms with Gasteiger partial charge in [0.05, 0.1) is 5.97 Å². The van der Waals surface area contributed by atoms with E-state index in [1.54, 1.807) is 0 Å². The number of aromatic nitrogens is 1. The van der Waals surface area contributed by atoms with Crippen LogP contribution in [0.3, 0.4) is 0 Å². The van der Waals surface area contributed by atoms with E-state index in [4.69, 9.17) is 16.3 Å². The molecule has 188 valence electrons. The molecule has 3 aromatic rings. The molecule has 2 aromatic carbocycles. The van der Waals surface area contributed by atoms with Gasteiger partial charge in [-0.3, -0.25) is 4.98 Å². The minimum Gasteiger partial charge on any atom is -0.545 e. The van der Waals surface area contributed by atoms with Crippen molar-refractivity contribution < 1.29 is 70.5 Å². The van der Waals surface area contributed by atoms with Crippen LogP contribution in [0.2, 0.25) is 5.02 Å². The number of rotatable bonds is 6. The van der Waals surface area contributed by atoms with E-state index in [1.165, 1.54) is 18.2 Å². The Morgan fingerprint density at radius 2 is 1.73 bits per heavy atom. The molecular formula is C25H15ClF6NNaO3. The molecule has 0 aliphatic heterocycles. The summed E-state index contributed by atoms with van der Waals surface area (Å²) < 4.78 is 86.1. The van der Waals surface area contributed by atoms with Gasteiger partial charge in [-0.05, 0) is 72.4 Å². The number of alkyl halides is 3. The van der Waals surface area contributed by atoms with Gasteiger partial charge in [-0.15, -0.1) is 0 Å². The van der Waals surface area contributed by atoms with Crippen LogP contribution in [0, 0.1) is 17.5 Å². The second-order valence-corrected chi connectivity index (χ2v) is 8.42. The van der Waals surface area contributed by atoms with Gasteiger partial charge >= 0.3 is 35.7 Å². The van der Waals surface area contributed by atoms with Gasteiger partial charge in [-0.2, -0.15) is 13.2 Å². The number of aromatic carboxylic acids is 1. The molecule has 0 saturated carbocycles. The van der Waals surface area contributed by atoms with E-state index in [0.29, 0.717) is 41.0 Å². The van der Waals surface area contributed by atoms with Crippen LogP contribution < -0.4 is 39.4 Å². The monoisotopic (exact) mass is 549 g/mol. The molecule has 0 spiro atoms. The smallest absolute Gasteiger partial charge is 0.545 e. The van der Waals surface area contributed by atoms with Gasteiger partial charge in [-0.1, -0.05) is 11.6 Å². The molecule has 1 aromatic heterocycles. The minimum absolute atomic E-state index is 0. The fourth-order valence-corrected chi connectivity index (χ4v) is 4.24. The number of hydrogen-bond donors (Lipinski definition) is 0. The van der Waals surface area contributed by atoms with Crippen molar-refractivity contribution in [1.29, 1.82) is 0 Å². The zero-order chi connectivity index (χ0) is 26.2. The van der Waals surface area contributed by atoms with E-state index >= 15 is 0 Å². The maximum atomic E-state index is 14.1. The summed E-state index contributed by atoms with van der Waals surface area (Å²) in [7, 11) is 0. The first-order valence-electron chi connectivity index (χ1n) is 10.5. The third-order valence-corrected chi connectivity index (χ3v) is 5.94. The van der Waals surface area contributed by atoms with Crippen LogP contribution in [-0.4, -0.2) is 11.0 Å². The molecule has 0 atom stereocenters. The van der Waals surface area contributed by atoms with Gasteiger partial charge in [0.25, 0.3) is 0 Å². The average molecular weight is 550 g/mol. The van der Waals surface area contributed by atoms with Crippen LogP contribution in [0.1, 0.15) is 52.0 Å². The first-order valence-corrected chi connectivity index (χ1v) is 10.9. The molecule has 0 amide bonds. The van der Waals surface area contributed by atoms with E-state index in [9.17, 15) is 36.2 Å². The number of carbonyl (C=O) groups excluding carboxylic acids is 1. The van der Waals surface area contributed by atoms with Crippen molar-refractivity contribution in [2.45, 2.75) is 32.0 Å². The summed E-state index contributed by atoms with van der Waals surface area (Å²) >= 11 is 6.15. The normalized spacial score (nSPS) is 13.5. The molecule has 0 bridgehead atoms. The van der Waals surface area contributed by atoms with Crippen LogP contribution in [-0.2, 0) is 12.8 Å². The zero-order valence-corrected chi connectivity index (χ0v) is 21.9. The van der Waals surface area contributed by atoms with Crippen molar-refractivity contribution in [3.63, 3.8) is 0 Å². The van der Waals surface area contributed by atoms with E-state index in [1.807, 2.05) is 0 Å². The van der Waals surface area contributed by atoms with Gasteiger partial charge in [0, 0.05) is 27.9 Å². The van der Waals surface area contributed by atoms with Gasteiger partial charge in [0.1, 0.15) is 12.4 Å². The SMILES string of the molecule is O=C([O-])c1cc(C2=C(c3cc(Cl)ccc3OCc3ccc(F)c(F)c3F)CCC2)cnc1C(F)(F)F.[Na+]. The summed E-state index contributed by atoms with van der Waals surface area (Å²) in [5.41, 5.74) is -1.14. The average Bonchev–Trinajstić information content (AvgIpc) is 3.31. The van der Waals surface area contributed by atoms with Crippen molar-refractivity contribution in [3.05, 3.63) is 93.0 Å². The topological polar surface area (TPSA) is 62.2 Å². The van der Waals surface area contributed by atoms with Crippen molar-refractivity contribution in [3.8, 4) is 5.75 Å². The summed E-state index contributed by atoms with van der Waals surface area (Å²) in [5.74, 6) is -6.18. The molecule has 12 heteroatoms. The van der Waals surface area contributed by atoms with E-state index < -0.39 is 47.5 Å². The summed E-state index contributed by atoms with van der Waals surface area (Å²) in [6, 6.07) is 7.19. The van der Waals surface area contributed by atoms with Crippen molar-refractivity contribution in [1.82, 2.24) is 4.98 Å². The Morgan fingerprint density at radius 3 is 2.41 bits per heavy atom. The molecule has 0 N–H and O–H groups in total. The van der Waals surface area contributed by atoms with Crippen molar-refractivity contribution >= 4 is 28.7 Å². The number of ether oxygens (including phenoxy) is 1. The number of carboxylic acid groups (broad SMARTS) is 1. The van der Waals surface area contributed by atoms with Crippen LogP contribution in [0.15, 0.2) is 42.6 Å². The molecule has 37 heavy (non-hydrogen) atoms. The van der Waals surface area contributed by atoms with E-state index in [0.717, 1.165) is 24.4 Å². The number of carboxylic acids is 1. The summed E-state index contributed by atoms with van der Waals surface area (Å²) in [5, 5.41) is 11.7. The van der Waals surface area contributed by atoms with E-state index in [2.05, 4.69) is 4.98 Å². The largest absolute Gasteiger partial charge is 1.00 e. The number of carbonyl (C=O) groups is 1. The maximum Gasteiger partial charge on any atom is 1.00 e. The van der Waals surface area contributed by atoms with Crippen molar-refractivity contribution in [2.24, 2.45) is 0 Å². The van der Waals surface area contributed by atoms with Crippen LogP contribution in [0.4, 0.5) is 26.3 Å². The second-order valence-electron chi connectivity index (χ2n) is 7.98. The minimum atomic E-state index is -4.98. The summed E-state index contributed by atoms with van der Waals surface area (Å²) in [4.78, 5) is 14.7. The Balaban J connectivity index is 0.00000380. The Bertz CT molecular complexity index is 1390. The third-order valence-electron chi connectivity index (χ3n) is 5.71. The molecule has 4 nitrogen and oxygen atoms in total. The number of halogens is 7. The number of nitrogens with zero attached hydrogens (tertiary/aromatic N) is 1. The molecule has 4 rings (SSSR count). The molecule has 1 aliphatic carbocycles. The fourth-order valence-electron chi connectivity index (χ4n) is 4.07. The quantitative estimate of drug-likeness (QED) is 0.269. The standard InChI is InChI=1S/C25H16ClF6NO3.Na/c26-14-5-7-20(36-11-12-4-6-19(27)22(29)21(12)28)17(9-14)16-3-1-2-15(16)13-8-18(24(34)35)23(33-10-13)25(30,31)32;/h4-10H,1-3,11H2,(H,34,35);/q;+1/p-1. The molecule has 0 radical (unpaired) electrons. The molecule has 1 heterocycles. The Kier molecular flexibility index (Phi) is 9.00. The third kappa shape index (κ3) is 6.14. The van der Waals surface area contributed by atoms with Gasteiger partial charge in [0.15, 0.2) is 23.1 Å². The zero-order valence-electron chi connectivity index (χ0n) is 19.2. The molecule has 0 fully saturated rings. The fraction of sp³-hybridized carbons (Fsp3) is 0.200. The summed E-state index contributed by atoms with van der Waals surface area (Å²) in [6.45, 7) is -0.447. The van der Waals surface area contributed by atoms with Gasteiger partial charge in [0.2, 0.25) is 0 Å². The number of allylic oxidation sites excluding steroid dienone is 2. The first-order chi connectivity index (χ1) is 17.0. The molecule has 0 unspecified atom stereocenters. The summed E-state index contributed by atoms with van der Waals surface area (Å²) in [6.07, 6.45) is -2.59. The predicted molar refractivity (Wildman–Crippen MR) is 116 cm³/mol. The first kappa shape index (κ1) is 29.0. The molecular weight excluding hydrogens is 535 g/mol. The van der Waals surface area contributed by atoms with Gasteiger partial charge in [-0.25, -0.2) is 13.2 Å². The number of pyridine rings is 1. The number of hydrogen-bond acceptors (Lipinski definition) is 4. The Labute approximate surface area is 234 Å².